The standard InChI is InChI=1S/C39H48O21/c1-14(2)6-11-19-21(55-35-29(47)27(45)25(43)22(13-40)56-35)12-20(41)23-26(44)32(30(57-31(19)23)17-7-9-18(52-5)10-8-17)58-36-33(28(46)24(42)15(3)53-36)59-38-39(60-51,37(49)50)34(48)16(4)54-38/h6-10,12,15-16,22,24-25,27-29,33-36,38,40-43,45-48,51H,11,13H2,1-5H3,(H,49,50)/t15-,16?,22+,24-,25+,27-,28+,29+,33+,34?,35+,36-,38?,39?/m0/s1. The van der Waals surface area contributed by atoms with E-state index in [1.807, 2.05) is 0 Å². The van der Waals surface area contributed by atoms with Crippen LogP contribution in [0.25, 0.3) is 22.3 Å². The van der Waals surface area contributed by atoms with Gasteiger partial charge in [-0.15, -0.1) is 0 Å². The summed E-state index contributed by atoms with van der Waals surface area (Å²) in [6, 6.07) is 7.05. The number of rotatable bonds is 13. The minimum atomic E-state index is -2.96. The number of aliphatic hydroxyl groups excluding tert-OH is 7. The number of carboxylic acids is 1. The summed E-state index contributed by atoms with van der Waals surface area (Å²) in [6.45, 7) is 5.42. The number of allylic oxidation sites excluding steroid dienone is 2. The fourth-order valence-corrected chi connectivity index (χ4v) is 7.15. The molecule has 0 aliphatic carbocycles. The maximum atomic E-state index is 14.8. The lowest BCUT2D eigenvalue weighted by molar-refractivity contribution is -0.381. The van der Waals surface area contributed by atoms with Crippen molar-refractivity contribution in [2.75, 3.05) is 13.7 Å². The highest BCUT2D eigenvalue weighted by molar-refractivity contribution is 5.91. The number of phenolic OH excluding ortho intramolecular Hbond substituents is 1. The van der Waals surface area contributed by atoms with Crippen LogP contribution in [0.4, 0.5) is 0 Å². The molecule has 10 N–H and O–H groups in total. The van der Waals surface area contributed by atoms with Crippen LogP contribution in [0.1, 0.15) is 33.3 Å². The molecule has 0 radical (unpaired) electrons. The minimum Gasteiger partial charge on any atom is -0.507 e. The number of aromatic hydroxyl groups is 1. The van der Waals surface area contributed by atoms with Gasteiger partial charge < -0.3 is 83.5 Å². The van der Waals surface area contributed by atoms with Crippen molar-refractivity contribution in [2.45, 2.75) is 120 Å². The van der Waals surface area contributed by atoms with Crippen molar-refractivity contribution in [2.24, 2.45) is 0 Å². The fourth-order valence-electron chi connectivity index (χ4n) is 7.15. The number of phenols is 1. The Hall–Kier alpha value is -4.46. The molecule has 21 nitrogen and oxygen atoms in total. The molecule has 60 heavy (non-hydrogen) atoms. The second-order valence-corrected chi connectivity index (χ2v) is 14.9. The third-order valence-electron chi connectivity index (χ3n) is 10.7. The highest BCUT2D eigenvalue weighted by atomic mass is 17.1. The van der Waals surface area contributed by atoms with Crippen molar-refractivity contribution >= 4 is 16.9 Å². The molecule has 3 fully saturated rings. The SMILES string of the molecule is COc1ccc(-c2oc3c(CC=C(C)C)c(O[C@@H]4O[C@H](CO)[C@@H](O)[C@H](O)[C@H]4O)cc(O)c3c(=O)c2O[C@@H]2O[C@@H](C)[C@H](O)[C@@H](O)[C@H]2OC2OC(C)C(O)C2(OO)C(=O)O)cc1. The van der Waals surface area contributed by atoms with Crippen molar-refractivity contribution in [3.05, 3.63) is 57.8 Å². The van der Waals surface area contributed by atoms with Gasteiger partial charge in [0, 0.05) is 17.2 Å². The van der Waals surface area contributed by atoms with Gasteiger partial charge in [-0.25, -0.2) is 9.68 Å². The summed E-state index contributed by atoms with van der Waals surface area (Å²) in [7, 11) is 1.42. The van der Waals surface area contributed by atoms with Crippen LogP contribution in [-0.4, -0.2) is 156 Å². The fraction of sp³-hybridized carbons (Fsp3) is 0.538. The third-order valence-corrected chi connectivity index (χ3v) is 10.7. The number of hydrogen-bond acceptors (Lipinski definition) is 20. The molecule has 3 aromatic rings. The molecule has 3 aliphatic heterocycles. The lowest BCUT2D eigenvalue weighted by Gasteiger charge is -2.42. The topological polar surface area (TPSA) is 323 Å². The summed E-state index contributed by atoms with van der Waals surface area (Å²) >= 11 is 0. The van der Waals surface area contributed by atoms with E-state index in [0.717, 1.165) is 11.6 Å². The number of ether oxygens (including phenoxy) is 7. The van der Waals surface area contributed by atoms with E-state index in [9.17, 15) is 60.8 Å². The van der Waals surface area contributed by atoms with Gasteiger partial charge in [-0.3, -0.25) is 10.1 Å². The van der Waals surface area contributed by atoms with Gasteiger partial charge in [-0.1, -0.05) is 11.6 Å². The molecule has 21 heteroatoms. The number of carbonyl (C=O) groups is 1. The number of carboxylic acid groups (broad SMARTS) is 1. The van der Waals surface area contributed by atoms with Gasteiger partial charge >= 0.3 is 5.97 Å². The Kier molecular flexibility index (Phi) is 13.4. The molecule has 330 valence electrons. The van der Waals surface area contributed by atoms with E-state index in [-0.39, 0.29) is 34.6 Å². The van der Waals surface area contributed by atoms with E-state index in [4.69, 9.17) is 37.6 Å². The number of methoxy groups -OCH3 is 1. The van der Waals surface area contributed by atoms with Gasteiger partial charge in [0.25, 0.3) is 5.60 Å². The highest BCUT2D eigenvalue weighted by Crippen LogP contribution is 2.43. The Balaban J connectivity index is 1.52. The molecule has 3 saturated heterocycles. The Labute approximate surface area is 340 Å². The molecule has 2 aromatic carbocycles. The first-order chi connectivity index (χ1) is 28.4. The van der Waals surface area contributed by atoms with E-state index in [0.29, 0.717) is 5.75 Å². The molecule has 4 heterocycles. The zero-order valence-electron chi connectivity index (χ0n) is 32.8. The average Bonchev–Trinajstić information content (AvgIpc) is 3.47. The Bertz CT molecular complexity index is 2100. The van der Waals surface area contributed by atoms with Crippen molar-refractivity contribution in [3.8, 4) is 34.3 Å². The number of fused-ring (bicyclic) bond motifs is 1. The second-order valence-electron chi connectivity index (χ2n) is 14.9. The summed E-state index contributed by atoms with van der Waals surface area (Å²) in [5.74, 6) is -3.44. The zero-order chi connectivity index (χ0) is 44.0. The molecule has 0 amide bonds. The third kappa shape index (κ3) is 8.04. The maximum absolute atomic E-state index is 14.8. The van der Waals surface area contributed by atoms with Gasteiger partial charge in [0.15, 0.2) is 11.9 Å². The van der Waals surface area contributed by atoms with Gasteiger partial charge in [0.2, 0.25) is 30.0 Å². The van der Waals surface area contributed by atoms with Crippen molar-refractivity contribution in [1.82, 2.24) is 0 Å². The minimum absolute atomic E-state index is 0.0236. The predicted octanol–water partition coefficient (Wildman–Crippen LogP) is -0.489. The molecular formula is C39H48O21. The predicted molar refractivity (Wildman–Crippen MR) is 200 cm³/mol. The second kappa shape index (κ2) is 17.9. The normalized spacial score (nSPS) is 34.3. The first kappa shape index (κ1) is 45.1. The molecule has 4 unspecified atom stereocenters. The number of hydrogen-bond donors (Lipinski definition) is 10. The van der Waals surface area contributed by atoms with E-state index in [1.54, 1.807) is 19.9 Å². The Morgan fingerprint density at radius 3 is 2.17 bits per heavy atom. The van der Waals surface area contributed by atoms with Crippen LogP contribution in [0.3, 0.4) is 0 Å². The number of aliphatic carboxylic acids is 1. The Morgan fingerprint density at radius 2 is 1.57 bits per heavy atom. The molecular weight excluding hydrogens is 804 g/mol. The molecule has 0 spiro atoms. The first-order valence-electron chi connectivity index (χ1n) is 18.7. The zero-order valence-corrected chi connectivity index (χ0v) is 32.8. The summed E-state index contributed by atoms with van der Waals surface area (Å²) < 4.78 is 46.5. The summed E-state index contributed by atoms with van der Waals surface area (Å²) in [4.78, 5) is 31.4. The van der Waals surface area contributed by atoms with Crippen LogP contribution in [0.15, 0.2) is 51.2 Å². The quantitative estimate of drug-likeness (QED) is 0.0589. The lowest BCUT2D eigenvalue weighted by Crippen LogP contribution is -2.63. The van der Waals surface area contributed by atoms with E-state index in [1.165, 1.54) is 45.2 Å². The monoisotopic (exact) mass is 852 g/mol. The Morgan fingerprint density at radius 1 is 0.883 bits per heavy atom. The van der Waals surface area contributed by atoms with Gasteiger partial charge in [-0.05, 0) is 58.4 Å². The van der Waals surface area contributed by atoms with Gasteiger partial charge in [0.1, 0.15) is 70.9 Å². The molecule has 1 aromatic heterocycles. The molecule has 6 rings (SSSR count). The van der Waals surface area contributed by atoms with Crippen LogP contribution in [-0.2, 0) is 35.1 Å². The average molecular weight is 853 g/mol. The molecule has 14 atom stereocenters. The highest BCUT2D eigenvalue weighted by Gasteiger charge is 2.65. The van der Waals surface area contributed by atoms with Crippen LogP contribution in [0, 0.1) is 0 Å². The molecule has 3 aliphatic rings. The summed E-state index contributed by atoms with van der Waals surface area (Å²) in [5.41, 5.74) is -3.17. The number of aliphatic hydroxyl groups is 7. The smallest absolute Gasteiger partial charge is 0.347 e. The van der Waals surface area contributed by atoms with Crippen molar-refractivity contribution in [3.63, 3.8) is 0 Å². The number of benzene rings is 2. The maximum Gasteiger partial charge on any atom is 0.347 e. The van der Waals surface area contributed by atoms with Crippen LogP contribution in [0.5, 0.6) is 23.0 Å². The summed E-state index contributed by atoms with van der Waals surface area (Å²) in [6.07, 6.45) is -20.9. The molecule has 0 saturated carbocycles. The summed E-state index contributed by atoms with van der Waals surface area (Å²) in [5, 5.41) is 105. The van der Waals surface area contributed by atoms with E-state index < -0.39 is 120 Å². The van der Waals surface area contributed by atoms with Crippen LogP contribution < -0.4 is 19.6 Å². The van der Waals surface area contributed by atoms with Gasteiger partial charge in [-0.2, -0.15) is 0 Å². The van der Waals surface area contributed by atoms with Crippen molar-refractivity contribution < 1.29 is 98.5 Å². The van der Waals surface area contributed by atoms with Crippen LogP contribution in [0.2, 0.25) is 0 Å². The van der Waals surface area contributed by atoms with E-state index >= 15 is 0 Å². The van der Waals surface area contributed by atoms with Gasteiger partial charge in [0.05, 0.1) is 25.9 Å². The largest absolute Gasteiger partial charge is 0.507 e. The van der Waals surface area contributed by atoms with Crippen molar-refractivity contribution in [1.29, 1.82) is 0 Å². The van der Waals surface area contributed by atoms with Crippen LogP contribution >= 0.6 is 0 Å². The lowest BCUT2D eigenvalue weighted by atomic mass is 9.95. The first-order valence-corrected chi connectivity index (χ1v) is 18.7. The van der Waals surface area contributed by atoms with E-state index in [2.05, 4.69) is 4.89 Å². The molecule has 0 bridgehead atoms.